The molecule has 0 bridgehead atoms. The Morgan fingerprint density at radius 1 is 0.889 bits per heavy atom. The van der Waals surface area contributed by atoms with Gasteiger partial charge in [-0.15, -0.1) is 12.8 Å². The molecule has 0 aromatic heterocycles. The van der Waals surface area contributed by atoms with E-state index in [0.717, 1.165) is 16.7 Å². The van der Waals surface area contributed by atoms with Crippen LogP contribution < -0.4 is 0 Å². The molecular weight excluding hydrogens is 220 g/mol. The van der Waals surface area contributed by atoms with Crippen molar-refractivity contribution in [3.63, 3.8) is 0 Å². The zero-order valence-corrected chi connectivity index (χ0v) is 13.2. The fourth-order valence-corrected chi connectivity index (χ4v) is 1.74. The van der Waals surface area contributed by atoms with Gasteiger partial charge in [0.2, 0.25) is 0 Å². The SMILES string of the molecule is C#C.CC.CC.CC(=O)c1c(C)cc(C)cc1C. The summed E-state index contributed by atoms with van der Waals surface area (Å²) >= 11 is 0. The molecule has 1 nitrogen and oxygen atoms in total. The van der Waals surface area contributed by atoms with Crippen LogP contribution >= 0.6 is 0 Å². The quantitative estimate of drug-likeness (QED) is 0.498. The van der Waals surface area contributed by atoms with Crippen molar-refractivity contribution in [2.45, 2.75) is 55.4 Å². The highest BCUT2D eigenvalue weighted by Crippen LogP contribution is 2.16. The standard InChI is InChI=1S/C11H14O.2C2H6.C2H2/c1-7-5-8(2)11(10(4)12)9(3)6-7;3*1-2/h5-6H,1-4H3;2*1-2H3;1-2H. The van der Waals surface area contributed by atoms with Crippen LogP contribution in [-0.2, 0) is 0 Å². The van der Waals surface area contributed by atoms with Crippen LogP contribution in [0.4, 0.5) is 0 Å². The first kappa shape index (κ1) is 21.7. The van der Waals surface area contributed by atoms with Gasteiger partial charge in [-0.2, -0.15) is 0 Å². The zero-order valence-electron chi connectivity index (χ0n) is 13.2. The Morgan fingerprint density at radius 2 is 1.17 bits per heavy atom. The molecule has 0 saturated heterocycles. The van der Waals surface area contributed by atoms with Crippen LogP contribution in [0.2, 0.25) is 0 Å². The first-order chi connectivity index (χ1) is 8.52. The van der Waals surface area contributed by atoms with Crippen molar-refractivity contribution < 1.29 is 4.79 Å². The van der Waals surface area contributed by atoms with Crippen LogP contribution in [-0.4, -0.2) is 5.78 Å². The average molecular weight is 248 g/mol. The fourth-order valence-electron chi connectivity index (χ4n) is 1.74. The Bertz CT molecular complexity index is 336. The van der Waals surface area contributed by atoms with Gasteiger partial charge < -0.3 is 0 Å². The Morgan fingerprint density at radius 3 is 1.39 bits per heavy atom. The zero-order chi connectivity index (χ0) is 15.3. The van der Waals surface area contributed by atoms with Crippen molar-refractivity contribution in [3.8, 4) is 12.8 Å². The van der Waals surface area contributed by atoms with Gasteiger partial charge in [0, 0.05) is 5.56 Å². The summed E-state index contributed by atoms with van der Waals surface area (Å²) in [5, 5.41) is 0. The molecule has 0 heterocycles. The molecule has 0 spiro atoms. The van der Waals surface area contributed by atoms with Crippen molar-refractivity contribution in [2.75, 3.05) is 0 Å². The smallest absolute Gasteiger partial charge is 0.160 e. The van der Waals surface area contributed by atoms with E-state index in [9.17, 15) is 4.79 Å². The summed E-state index contributed by atoms with van der Waals surface area (Å²) < 4.78 is 0. The van der Waals surface area contributed by atoms with Crippen LogP contribution in [0.5, 0.6) is 0 Å². The molecule has 0 amide bonds. The summed E-state index contributed by atoms with van der Waals surface area (Å²) in [4.78, 5) is 11.2. The summed E-state index contributed by atoms with van der Waals surface area (Å²) in [5.41, 5.74) is 4.26. The molecule has 0 aliphatic rings. The van der Waals surface area contributed by atoms with Gasteiger partial charge in [0.1, 0.15) is 0 Å². The highest BCUT2D eigenvalue weighted by atomic mass is 16.1. The first-order valence-electron chi connectivity index (χ1n) is 6.44. The van der Waals surface area contributed by atoms with Crippen molar-refractivity contribution >= 4 is 5.78 Å². The van der Waals surface area contributed by atoms with Gasteiger partial charge >= 0.3 is 0 Å². The predicted octanol–water partition coefficient (Wildman–Crippen LogP) is 5.12. The first-order valence-corrected chi connectivity index (χ1v) is 6.44. The molecule has 0 unspecified atom stereocenters. The largest absolute Gasteiger partial charge is 0.294 e. The number of carbonyl (C=O) groups excluding carboxylic acids is 1. The third kappa shape index (κ3) is 7.68. The lowest BCUT2D eigenvalue weighted by molar-refractivity contribution is 0.101. The molecule has 1 heteroatoms. The Kier molecular flexibility index (Phi) is 16.3. The highest BCUT2D eigenvalue weighted by molar-refractivity contribution is 5.97. The van der Waals surface area contributed by atoms with Gasteiger partial charge in [0.05, 0.1) is 0 Å². The minimum atomic E-state index is 0.157. The third-order valence-electron chi connectivity index (χ3n) is 2.03. The van der Waals surface area contributed by atoms with Crippen molar-refractivity contribution in [1.82, 2.24) is 0 Å². The van der Waals surface area contributed by atoms with E-state index < -0.39 is 0 Å². The topological polar surface area (TPSA) is 17.1 Å². The molecule has 0 N–H and O–H groups in total. The van der Waals surface area contributed by atoms with Crippen LogP contribution in [0, 0.1) is 33.6 Å². The van der Waals surface area contributed by atoms with Crippen LogP contribution in [0.25, 0.3) is 0 Å². The number of rotatable bonds is 1. The summed E-state index contributed by atoms with van der Waals surface area (Å²) in [5.74, 6) is 0.157. The van der Waals surface area contributed by atoms with Crippen molar-refractivity contribution in [1.29, 1.82) is 0 Å². The molecule has 0 atom stereocenters. The van der Waals surface area contributed by atoms with E-state index in [4.69, 9.17) is 0 Å². The second kappa shape index (κ2) is 13.5. The maximum Gasteiger partial charge on any atom is 0.160 e. The van der Waals surface area contributed by atoms with Gasteiger partial charge in [0.15, 0.2) is 5.78 Å². The molecule has 18 heavy (non-hydrogen) atoms. The predicted molar refractivity (Wildman–Crippen MR) is 83.2 cm³/mol. The lowest BCUT2D eigenvalue weighted by Gasteiger charge is -2.07. The van der Waals surface area contributed by atoms with E-state index in [1.807, 2.05) is 60.6 Å². The number of ketones is 1. The fraction of sp³-hybridized carbons (Fsp3) is 0.471. The van der Waals surface area contributed by atoms with Gasteiger partial charge in [-0.3, -0.25) is 4.79 Å². The summed E-state index contributed by atoms with van der Waals surface area (Å²) in [6.07, 6.45) is 8.00. The Balaban J connectivity index is -0.000000328. The summed E-state index contributed by atoms with van der Waals surface area (Å²) in [7, 11) is 0. The van der Waals surface area contributed by atoms with E-state index in [-0.39, 0.29) is 5.78 Å². The molecule has 1 aromatic carbocycles. The van der Waals surface area contributed by atoms with Crippen molar-refractivity contribution in [3.05, 3.63) is 34.4 Å². The summed E-state index contributed by atoms with van der Waals surface area (Å²) in [6, 6.07) is 4.09. The number of hydrogen-bond acceptors (Lipinski definition) is 1. The third-order valence-corrected chi connectivity index (χ3v) is 2.03. The van der Waals surface area contributed by atoms with E-state index in [1.165, 1.54) is 5.56 Å². The van der Waals surface area contributed by atoms with E-state index in [2.05, 4.69) is 12.8 Å². The van der Waals surface area contributed by atoms with E-state index in [0.29, 0.717) is 0 Å². The van der Waals surface area contributed by atoms with Gasteiger partial charge in [-0.05, 0) is 38.8 Å². The van der Waals surface area contributed by atoms with Crippen LogP contribution in [0.15, 0.2) is 12.1 Å². The lowest BCUT2D eigenvalue weighted by atomic mass is 9.97. The van der Waals surface area contributed by atoms with Gasteiger partial charge in [-0.1, -0.05) is 45.4 Å². The molecule has 0 aliphatic carbocycles. The number of Topliss-reactive ketones (excluding diaryl/α,β-unsaturated/α-hetero) is 1. The lowest BCUT2D eigenvalue weighted by Crippen LogP contribution is -2.00. The normalized spacial score (nSPS) is 7.44. The molecule has 0 fully saturated rings. The maximum absolute atomic E-state index is 11.2. The molecule has 0 radical (unpaired) electrons. The number of carbonyl (C=O) groups is 1. The average Bonchev–Trinajstić information content (AvgIpc) is 2.35. The molecule has 0 saturated carbocycles. The Hall–Kier alpha value is -1.55. The minimum Gasteiger partial charge on any atom is -0.294 e. The molecule has 1 rings (SSSR count). The number of aryl methyl sites for hydroxylation is 3. The molecule has 1 aromatic rings. The second-order valence-electron chi connectivity index (χ2n) is 3.33. The minimum absolute atomic E-state index is 0.157. The van der Waals surface area contributed by atoms with E-state index >= 15 is 0 Å². The van der Waals surface area contributed by atoms with E-state index in [1.54, 1.807) is 6.92 Å². The monoisotopic (exact) mass is 248 g/mol. The maximum atomic E-state index is 11.2. The summed E-state index contributed by atoms with van der Waals surface area (Å²) in [6.45, 7) is 15.6. The second-order valence-corrected chi connectivity index (χ2v) is 3.33. The highest BCUT2D eigenvalue weighted by Gasteiger charge is 2.07. The van der Waals surface area contributed by atoms with Gasteiger partial charge in [0.25, 0.3) is 0 Å². The molecular formula is C17H28O. The van der Waals surface area contributed by atoms with Crippen molar-refractivity contribution in [2.24, 2.45) is 0 Å². The number of hydrogen-bond donors (Lipinski definition) is 0. The van der Waals surface area contributed by atoms with Gasteiger partial charge in [-0.25, -0.2) is 0 Å². The molecule has 0 aliphatic heterocycles. The number of terminal acetylenes is 1. The number of benzene rings is 1. The van der Waals surface area contributed by atoms with Crippen LogP contribution in [0.1, 0.15) is 61.7 Å². The Labute approximate surface area is 114 Å². The molecule has 102 valence electrons. The van der Waals surface area contributed by atoms with Crippen LogP contribution in [0.3, 0.4) is 0 Å².